The second kappa shape index (κ2) is 51.9. The molecule has 0 aromatic carbocycles. The lowest BCUT2D eigenvalue weighted by Crippen LogP contribution is -2.65. The molecule has 0 aromatic rings. The monoisotopic (exact) mass is 1140 g/mol. The molecule has 0 saturated carbocycles. The third-order valence-corrected chi connectivity index (χ3v) is 16.7. The van der Waals surface area contributed by atoms with Crippen molar-refractivity contribution in [3.8, 4) is 0 Å². The summed E-state index contributed by atoms with van der Waals surface area (Å²) in [6.07, 6.45) is 46.2. The van der Waals surface area contributed by atoms with Gasteiger partial charge in [-0.3, -0.25) is 4.79 Å². The number of amides is 1. The summed E-state index contributed by atoms with van der Waals surface area (Å²) in [5.41, 5.74) is 0. The van der Waals surface area contributed by atoms with Crippen molar-refractivity contribution in [3.05, 3.63) is 24.3 Å². The standard InChI is InChI=1S/C66H125NO13/c1-3-5-7-9-11-13-15-17-19-21-23-24-25-26-27-28-29-30-31-32-33-35-37-39-41-43-45-47-49-55(70)54(67-58(71)50-48-46-44-42-40-38-36-34-22-20-18-16-14-12-10-8-6-4-2)53-77-65-63(76)61(74)64(57(52-69)79-65)80-66-62(75)60(73)59(72)56(51-68)78-66/h14,16,20,22,54-57,59-66,68-70,72-76H,3-13,15,17-19,21,23-53H2,1-2H3,(H,67,71)/b16-14-,22-20-. The second-order valence-electron chi connectivity index (χ2n) is 24.0. The van der Waals surface area contributed by atoms with E-state index in [-0.39, 0.29) is 12.5 Å². The Kier molecular flexibility index (Phi) is 48.3. The number of nitrogens with one attached hydrogen (secondary N) is 1. The molecule has 0 spiro atoms. The summed E-state index contributed by atoms with van der Waals surface area (Å²) in [4.78, 5) is 13.3. The lowest BCUT2D eigenvalue weighted by Gasteiger charge is -2.46. The van der Waals surface area contributed by atoms with Gasteiger partial charge in [0.2, 0.25) is 5.91 Å². The van der Waals surface area contributed by atoms with E-state index < -0.39 is 86.8 Å². The van der Waals surface area contributed by atoms with Crippen molar-refractivity contribution in [3.63, 3.8) is 0 Å². The summed E-state index contributed by atoms with van der Waals surface area (Å²) in [7, 11) is 0. The maximum absolute atomic E-state index is 13.3. The molecular weight excluding hydrogens is 1010 g/mol. The van der Waals surface area contributed by atoms with Crippen LogP contribution in [0.5, 0.6) is 0 Å². The molecule has 2 heterocycles. The van der Waals surface area contributed by atoms with Crippen LogP contribution in [0.3, 0.4) is 0 Å². The van der Waals surface area contributed by atoms with E-state index in [0.717, 1.165) is 57.8 Å². The van der Waals surface area contributed by atoms with E-state index in [2.05, 4.69) is 43.5 Å². The molecule has 12 atom stereocenters. The predicted octanol–water partition coefficient (Wildman–Crippen LogP) is 12.8. The van der Waals surface area contributed by atoms with Gasteiger partial charge in [-0.25, -0.2) is 0 Å². The fraction of sp³-hybridized carbons (Fsp3) is 0.924. The van der Waals surface area contributed by atoms with Crippen molar-refractivity contribution in [1.82, 2.24) is 5.32 Å². The van der Waals surface area contributed by atoms with Crippen molar-refractivity contribution in [2.75, 3.05) is 19.8 Å². The molecule has 2 saturated heterocycles. The fourth-order valence-corrected chi connectivity index (χ4v) is 11.3. The van der Waals surface area contributed by atoms with Crippen LogP contribution in [0.15, 0.2) is 24.3 Å². The third-order valence-electron chi connectivity index (χ3n) is 16.7. The number of unbranched alkanes of at least 4 members (excludes halogenated alkanes) is 38. The van der Waals surface area contributed by atoms with Crippen LogP contribution in [0.25, 0.3) is 0 Å². The van der Waals surface area contributed by atoms with Crippen LogP contribution >= 0.6 is 0 Å². The van der Waals surface area contributed by atoms with Gasteiger partial charge in [-0.05, 0) is 44.9 Å². The van der Waals surface area contributed by atoms with Gasteiger partial charge < -0.3 is 65.1 Å². The molecule has 14 nitrogen and oxygen atoms in total. The predicted molar refractivity (Wildman–Crippen MR) is 323 cm³/mol. The molecule has 9 N–H and O–H groups in total. The number of hydrogen-bond acceptors (Lipinski definition) is 13. The van der Waals surface area contributed by atoms with Crippen LogP contribution in [0.2, 0.25) is 0 Å². The van der Waals surface area contributed by atoms with Crippen molar-refractivity contribution in [2.24, 2.45) is 0 Å². The average Bonchev–Trinajstić information content (AvgIpc) is 3.46. The van der Waals surface area contributed by atoms with Crippen molar-refractivity contribution < 1.29 is 64.6 Å². The summed E-state index contributed by atoms with van der Waals surface area (Å²) in [6, 6.07) is -0.833. The van der Waals surface area contributed by atoms with Gasteiger partial charge in [0.1, 0.15) is 48.8 Å². The molecule has 80 heavy (non-hydrogen) atoms. The summed E-state index contributed by atoms with van der Waals surface area (Å²) >= 11 is 0. The number of hydrogen-bond donors (Lipinski definition) is 9. The van der Waals surface area contributed by atoms with Crippen molar-refractivity contribution in [1.29, 1.82) is 0 Å². The second-order valence-corrected chi connectivity index (χ2v) is 24.0. The fourth-order valence-electron chi connectivity index (χ4n) is 11.3. The molecule has 2 rings (SSSR count). The summed E-state index contributed by atoms with van der Waals surface area (Å²) in [5, 5.41) is 87.5. The molecule has 0 bridgehead atoms. The minimum atomic E-state index is -1.78. The van der Waals surface area contributed by atoms with E-state index in [0.29, 0.717) is 19.3 Å². The minimum absolute atomic E-state index is 0.211. The first-order valence-electron chi connectivity index (χ1n) is 33.6. The number of aliphatic hydroxyl groups excluding tert-OH is 8. The normalized spacial score (nSPS) is 24.3. The lowest BCUT2D eigenvalue weighted by atomic mass is 9.97. The molecule has 2 fully saturated rings. The molecule has 0 aromatic heterocycles. The smallest absolute Gasteiger partial charge is 0.220 e. The van der Waals surface area contributed by atoms with E-state index >= 15 is 0 Å². The van der Waals surface area contributed by atoms with E-state index in [9.17, 15) is 45.6 Å². The highest BCUT2D eigenvalue weighted by Crippen LogP contribution is 2.30. The highest BCUT2D eigenvalue weighted by Gasteiger charge is 2.51. The van der Waals surface area contributed by atoms with Crippen molar-refractivity contribution >= 4 is 5.91 Å². The maximum Gasteiger partial charge on any atom is 0.220 e. The Bertz CT molecular complexity index is 1440. The van der Waals surface area contributed by atoms with E-state index in [1.807, 2.05) is 0 Å². The minimum Gasteiger partial charge on any atom is -0.394 e. The molecule has 0 aliphatic carbocycles. The van der Waals surface area contributed by atoms with E-state index in [4.69, 9.17) is 18.9 Å². The van der Waals surface area contributed by atoms with Crippen LogP contribution in [0.4, 0.5) is 0 Å². The van der Waals surface area contributed by atoms with Crippen LogP contribution in [0.1, 0.15) is 296 Å². The topological polar surface area (TPSA) is 228 Å². The zero-order valence-corrected chi connectivity index (χ0v) is 51.1. The Morgan fingerprint density at radius 2 is 0.825 bits per heavy atom. The molecular formula is C66H125NO13. The lowest BCUT2D eigenvalue weighted by molar-refractivity contribution is -0.359. The number of aliphatic hydroxyl groups is 8. The van der Waals surface area contributed by atoms with Gasteiger partial charge in [0, 0.05) is 6.42 Å². The van der Waals surface area contributed by atoms with Gasteiger partial charge in [-0.15, -0.1) is 0 Å². The first-order chi connectivity index (χ1) is 39.1. The number of rotatable bonds is 55. The van der Waals surface area contributed by atoms with Gasteiger partial charge in [0.05, 0.1) is 32.0 Å². The van der Waals surface area contributed by atoms with E-state index in [1.54, 1.807) is 0 Å². The van der Waals surface area contributed by atoms with E-state index in [1.165, 1.54) is 205 Å². The van der Waals surface area contributed by atoms with Gasteiger partial charge in [-0.1, -0.05) is 269 Å². The van der Waals surface area contributed by atoms with Gasteiger partial charge in [0.25, 0.3) is 0 Å². The largest absolute Gasteiger partial charge is 0.394 e. The highest BCUT2D eigenvalue weighted by atomic mass is 16.7. The highest BCUT2D eigenvalue weighted by molar-refractivity contribution is 5.76. The maximum atomic E-state index is 13.3. The van der Waals surface area contributed by atoms with Gasteiger partial charge >= 0.3 is 0 Å². The quantitative estimate of drug-likeness (QED) is 0.0204. The molecule has 12 unspecified atom stereocenters. The summed E-state index contributed by atoms with van der Waals surface area (Å²) < 4.78 is 22.9. The Hall–Kier alpha value is -1.53. The molecule has 14 heteroatoms. The number of carbonyl (C=O) groups is 1. The number of carbonyl (C=O) groups excluding carboxylic acids is 1. The van der Waals surface area contributed by atoms with Gasteiger partial charge in [-0.2, -0.15) is 0 Å². The Labute approximate surface area is 488 Å². The van der Waals surface area contributed by atoms with Crippen LogP contribution in [-0.2, 0) is 23.7 Å². The molecule has 1 amide bonds. The van der Waals surface area contributed by atoms with Crippen LogP contribution in [-0.4, -0.2) is 140 Å². The summed E-state index contributed by atoms with van der Waals surface area (Å²) in [5.74, 6) is -0.211. The average molecular weight is 1140 g/mol. The van der Waals surface area contributed by atoms with Crippen molar-refractivity contribution in [2.45, 2.75) is 370 Å². The van der Waals surface area contributed by atoms with Crippen LogP contribution in [0, 0.1) is 0 Å². The zero-order valence-electron chi connectivity index (χ0n) is 51.1. The molecule has 2 aliphatic rings. The Morgan fingerprint density at radius 3 is 1.26 bits per heavy atom. The van der Waals surface area contributed by atoms with Gasteiger partial charge in [0.15, 0.2) is 12.6 Å². The Morgan fingerprint density at radius 1 is 0.450 bits per heavy atom. The molecule has 0 radical (unpaired) electrons. The first-order valence-corrected chi connectivity index (χ1v) is 33.6. The zero-order chi connectivity index (χ0) is 58.1. The number of ether oxygens (including phenoxy) is 4. The molecule has 472 valence electrons. The number of allylic oxidation sites excluding steroid dienone is 4. The summed E-state index contributed by atoms with van der Waals surface area (Å²) in [6.45, 7) is 2.88. The first kappa shape index (κ1) is 74.6. The Balaban J connectivity index is 1.68. The SMILES string of the molecule is CCCCCC/C=C\C/C=C\CCCCCCCCCC(=O)NC(COC1OC(CO)C(OC2OC(CO)C(O)C(O)C2O)C(O)C1O)C(O)CCCCCCCCCCCCCCCCCCCCCCCCCCCCCC. The van der Waals surface area contributed by atoms with Crippen LogP contribution < -0.4 is 5.32 Å². The molecule has 2 aliphatic heterocycles. The third kappa shape index (κ3) is 36.3.